The third-order valence-electron chi connectivity index (χ3n) is 2.73. The molecule has 3 nitrogen and oxygen atoms in total. The predicted molar refractivity (Wildman–Crippen MR) is 77.6 cm³/mol. The van der Waals surface area contributed by atoms with Crippen molar-refractivity contribution in [2.45, 2.75) is 6.92 Å². The van der Waals surface area contributed by atoms with Crippen molar-refractivity contribution in [3.63, 3.8) is 0 Å². The fraction of sp³-hybridized carbons (Fsp3) is 0.0714. The number of halogens is 2. The number of carbonyl (C=O) groups excluding carboxylic acids is 1. The van der Waals surface area contributed by atoms with Gasteiger partial charge < -0.3 is 11.1 Å². The van der Waals surface area contributed by atoms with Crippen LogP contribution >= 0.6 is 15.9 Å². The summed E-state index contributed by atoms with van der Waals surface area (Å²) < 4.78 is 13.7. The van der Waals surface area contributed by atoms with Crippen molar-refractivity contribution in [1.29, 1.82) is 0 Å². The van der Waals surface area contributed by atoms with Gasteiger partial charge in [0, 0.05) is 5.56 Å². The van der Waals surface area contributed by atoms with Crippen LogP contribution in [0.25, 0.3) is 0 Å². The third-order valence-corrected chi connectivity index (χ3v) is 3.37. The lowest BCUT2D eigenvalue weighted by Crippen LogP contribution is -2.14. The molecular formula is C14H12BrFN2O. The number of anilines is 2. The molecule has 0 unspecified atom stereocenters. The van der Waals surface area contributed by atoms with Gasteiger partial charge in [0.1, 0.15) is 5.82 Å². The van der Waals surface area contributed by atoms with Gasteiger partial charge in [0.05, 0.1) is 15.8 Å². The highest BCUT2D eigenvalue weighted by Crippen LogP contribution is 2.24. The maximum absolute atomic E-state index is 13.4. The SMILES string of the molecule is Cc1cccc(N)c1NC(=O)c1ccc(Br)c(F)c1. The molecular weight excluding hydrogens is 311 g/mol. The largest absolute Gasteiger partial charge is 0.397 e. The highest BCUT2D eigenvalue weighted by Gasteiger charge is 2.11. The lowest BCUT2D eigenvalue weighted by atomic mass is 10.1. The molecule has 0 aliphatic heterocycles. The van der Waals surface area contributed by atoms with Gasteiger partial charge in [-0.05, 0) is 52.7 Å². The molecule has 98 valence electrons. The molecule has 0 aliphatic carbocycles. The number of rotatable bonds is 2. The Morgan fingerprint density at radius 2 is 2.05 bits per heavy atom. The second kappa shape index (κ2) is 5.40. The number of nitrogens with one attached hydrogen (secondary N) is 1. The molecule has 0 aromatic heterocycles. The van der Waals surface area contributed by atoms with Crippen molar-refractivity contribution in [1.82, 2.24) is 0 Å². The summed E-state index contributed by atoms with van der Waals surface area (Å²) in [5.74, 6) is -0.877. The van der Waals surface area contributed by atoms with Crippen LogP contribution in [0.15, 0.2) is 40.9 Å². The Hall–Kier alpha value is -1.88. The first-order chi connectivity index (χ1) is 8.99. The summed E-state index contributed by atoms with van der Waals surface area (Å²) in [5, 5.41) is 2.70. The van der Waals surface area contributed by atoms with Crippen molar-refractivity contribution in [2.75, 3.05) is 11.1 Å². The van der Waals surface area contributed by atoms with Crippen LogP contribution in [0, 0.1) is 12.7 Å². The Kier molecular flexibility index (Phi) is 3.85. The molecule has 0 atom stereocenters. The van der Waals surface area contributed by atoms with Gasteiger partial charge in [-0.1, -0.05) is 12.1 Å². The summed E-state index contributed by atoms with van der Waals surface area (Å²) in [6, 6.07) is 9.55. The normalized spacial score (nSPS) is 10.3. The molecule has 2 aromatic carbocycles. The van der Waals surface area contributed by atoms with E-state index in [9.17, 15) is 9.18 Å². The number of hydrogen-bond donors (Lipinski definition) is 2. The molecule has 1 amide bonds. The predicted octanol–water partition coefficient (Wildman–Crippen LogP) is 3.73. The zero-order valence-corrected chi connectivity index (χ0v) is 11.8. The molecule has 0 spiro atoms. The zero-order chi connectivity index (χ0) is 14.0. The zero-order valence-electron chi connectivity index (χ0n) is 10.2. The average molecular weight is 323 g/mol. The number of benzene rings is 2. The molecule has 0 saturated carbocycles. The molecule has 0 fully saturated rings. The first-order valence-electron chi connectivity index (χ1n) is 5.60. The molecule has 19 heavy (non-hydrogen) atoms. The van der Waals surface area contributed by atoms with E-state index < -0.39 is 11.7 Å². The molecule has 0 saturated heterocycles. The first-order valence-corrected chi connectivity index (χ1v) is 6.40. The standard InChI is InChI=1S/C14H12BrFN2O/c1-8-3-2-4-12(17)13(8)18-14(19)9-5-6-10(15)11(16)7-9/h2-7H,17H2,1H3,(H,18,19). The summed E-state index contributed by atoms with van der Waals surface area (Å²) >= 11 is 3.04. The lowest BCUT2D eigenvalue weighted by Gasteiger charge is -2.11. The fourth-order valence-electron chi connectivity index (χ4n) is 1.68. The number of carbonyl (C=O) groups is 1. The number of nitrogens with two attached hydrogens (primary N) is 1. The number of para-hydroxylation sites is 1. The van der Waals surface area contributed by atoms with Gasteiger partial charge in [-0.2, -0.15) is 0 Å². The maximum atomic E-state index is 13.4. The van der Waals surface area contributed by atoms with Crippen LogP contribution in [0.1, 0.15) is 15.9 Å². The van der Waals surface area contributed by atoms with Gasteiger partial charge in [-0.15, -0.1) is 0 Å². The van der Waals surface area contributed by atoms with Crippen LogP contribution in [-0.4, -0.2) is 5.91 Å². The van der Waals surface area contributed by atoms with Gasteiger partial charge in [0.25, 0.3) is 5.91 Å². The summed E-state index contributed by atoms with van der Waals surface area (Å²) in [7, 11) is 0. The van der Waals surface area contributed by atoms with Gasteiger partial charge in [0.2, 0.25) is 0 Å². The molecule has 5 heteroatoms. The monoisotopic (exact) mass is 322 g/mol. The van der Waals surface area contributed by atoms with Crippen molar-refractivity contribution in [3.05, 3.63) is 57.8 Å². The molecule has 0 radical (unpaired) electrons. The minimum absolute atomic E-state index is 0.239. The Labute approximate surface area is 118 Å². The van der Waals surface area contributed by atoms with E-state index in [1.54, 1.807) is 12.1 Å². The van der Waals surface area contributed by atoms with E-state index in [1.807, 2.05) is 13.0 Å². The number of hydrogen-bond acceptors (Lipinski definition) is 2. The highest BCUT2D eigenvalue weighted by molar-refractivity contribution is 9.10. The molecule has 0 bridgehead atoms. The quantitative estimate of drug-likeness (QED) is 0.828. The Bertz CT molecular complexity index is 623. The molecule has 3 N–H and O–H groups in total. The van der Waals surface area contributed by atoms with Crippen LogP contribution in [0.4, 0.5) is 15.8 Å². The highest BCUT2D eigenvalue weighted by atomic mass is 79.9. The van der Waals surface area contributed by atoms with Crippen LogP contribution in [-0.2, 0) is 0 Å². The molecule has 2 aromatic rings. The minimum atomic E-state index is -0.481. The summed E-state index contributed by atoms with van der Waals surface area (Å²) in [5.41, 5.74) is 7.93. The van der Waals surface area contributed by atoms with E-state index in [1.165, 1.54) is 18.2 Å². The lowest BCUT2D eigenvalue weighted by molar-refractivity contribution is 0.102. The van der Waals surface area contributed by atoms with E-state index in [2.05, 4.69) is 21.2 Å². The van der Waals surface area contributed by atoms with Gasteiger partial charge in [0.15, 0.2) is 0 Å². The van der Waals surface area contributed by atoms with Crippen molar-refractivity contribution < 1.29 is 9.18 Å². The van der Waals surface area contributed by atoms with E-state index in [4.69, 9.17) is 5.73 Å². The van der Waals surface area contributed by atoms with Crippen LogP contribution in [0.3, 0.4) is 0 Å². The summed E-state index contributed by atoms with van der Waals surface area (Å²) in [4.78, 5) is 12.0. The molecule has 0 heterocycles. The summed E-state index contributed by atoms with van der Waals surface area (Å²) in [6.45, 7) is 1.84. The third kappa shape index (κ3) is 2.93. The topological polar surface area (TPSA) is 55.1 Å². The molecule has 2 rings (SSSR count). The van der Waals surface area contributed by atoms with Gasteiger partial charge in [-0.25, -0.2) is 4.39 Å². The second-order valence-electron chi connectivity index (χ2n) is 4.12. The Balaban J connectivity index is 2.28. The van der Waals surface area contributed by atoms with Crippen LogP contribution < -0.4 is 11.1 Å². The Morgan fingerprint density at radius 3 is 2.68 bits per heavy atom. The second-order valence-corrected chi connectivity index (χ2v) is 4.98. The van der Waals surface area contributed by atoms with E-state index in [-0.39, 0.29) is 5.56 Å². The van der Waals surface area contributed by atoms with Gasteiger partial charge in [-0.3, -0.25) is 4.79 Å². The first kappa shape index (κ1) is 13.5. The van der Waals surface area contributed by atoms with Crippen LogP contribution in [0.2, 0.25) is 0 Å². The number of aryl methyl sites for hydroxylation is 1. The average Bonchev–Trinajstić information content (AvgIpc) is 2.37. The van der Waals surface area contributed by atoms with E-state index >= 15 is 0 Å². The maximum Gasteiger partial charge on any atom is 0.255 e. The smallest absolute Gasteiger partial charge is 0.255 e. The number of nitrogen functional groups attached to an aromatic ring is 1. The van der Waals surface area contributed by atoms with E-state index in [0.717, 1.165) is 5.56 Å². The molecule has 0 aliphatic rings. The van der Waals surface area contributed by atoms with Gasteiger partial charge >= 0.3 is 0 Å². The fourth-order valence-corrected chi connectivity index (χ4v) is 1.93. The van der Waals surface area contributed by atoms with Crippen molar-refractivity contribution in [2.24, 2.45) is 0 Å². The Morgan fingerprint density at radius 1 is 1.32 bits per heavy atom. The van der Waals surface area contributed by atoms with Crippen molar-refractivity contribution in [3.8, 4) is 0 Å². The summed E-state index contributed by atoms with van der Waals surface area (Å²) in [6.07, 6.45) is 0. The van der Waals surface area contributed by atoms with Crippen molar-refractivity contribution >= 4 is 33.2 Å². The van der Waals surface area contributed by atoms with Crippen LogP contribution in [0.5, 0.6) is 0 Å². The van der Waals surface area contributed by atoms with E-state index in [0.29, 0.717) is 15.8 Å². The minimum Gasteiger partial charge on any atom is -0.397 e. The number of amides is 1.